The second kappa shape index (κ2) is 6.68. The number of rotatable bonds is 6. The molecule has 1 aromatic rings. The number of hydrogen-bond acceptors (Lipinski definition) is 4. The maximum Gasteiger partial charge on any atom is 0.261 e. The van der Waals surface area contributed by atoms with Crippen molar-refractivity contribution in [3.63, 3.8) is 0 Å². The summed E-state index contributed by atoms with van der Waals surface area (Å²) in [7, 11) is 1.67. The van der Waals surface area contributed by atoms with Crippen LogP contribution < -0.4 is 4.74 Å². The number of hydrogen-bond donors (Lipinski definition) is 0. The van der Waals surface area contributed by atoms with E-state index in [2.05, 4.69) is 6.26 Å². The summed E-state index contributed by atoms with van der Waals surface area (Å²) >= 11 is 1.77. The third kappa shape index (κ3) is 4.07. The zero-order valence-corrected chi connectivity index (χ0v) is 13.1. The molecule has 0 saturated heterocycles. The molecule has 18 heavy (non-hydrogen) atoms. The van der Waals surface area contributed by atoms with Crippen LogP contribution in [-0.2, 0) is 9.05 Å². The van der Waals surface area contributed by atoms with Gasteiger partial charge in [-0.1, -0.05) is 0 Å². The summed E-state index contributed by atoms with van der Waals surface area (Å²) in [5.41, 5.74) is 1.47. The zero-order valence-electron chi connectivity index (χ0n) is 10.7. The average molecular weight is 309 g/mol. The summed E-state index contributed by atoms with van der Waals surface area (Å²) in [4.78, 5) is 0.151. The van der Waals surface area contributed by atoms with Gasteiger partial charge in [-0.15, -0.1) is 0 Å². The molecule has 0 aliphatic heterocycles. The molecule has 0 aliphatic carbocycles. The Balaban J connectivity index is 2.88. The van der Waals surface area contributed by atoms with Crippen LogP contribution >= 0.6 is 22.4 Å². The number of benzene rings is 1. The van der Waals surface area contributed by atoms with Crippen molar-refractivity contribution in [3.8, 4) is 5.75 Å². The molecule has 3 nitrogen and oxygen atoms in total. The molecule has 0 spiro atoms. The highest BCUT2D eigenvalue weighted by atomic mass is 35.7. The van der Waals surface area contributed by atoms with E-state index in [9.17, 15) is 8.42 Å². The quantitative estimate of drug-likeness (QED) is 0.597. The molecule has 0 fully saturated rings. The normalized spacial score (nSPS) is 11.6. The highest BCUT2D eigenvalue weighted by molar-refractivity contribution is 8.13. The van der Waals surface area contributed by atoms with E-state index >= 15 is 0 Å². The van der Waals surface area contributed by atoms with Gasteiger partial charge in [0.25, 0.3) is 9.05 Å². The second-order valence-corrected chi connectivity index (χ2v) is 7.46. The third-order valence-electron chi connectivity index (χ3n) is 2.70. The van der Waals surface area contributed by atoms with Crippen LogP contribution in [0.25, 0.3) is 0 Å². The molecule has 1 aromatic carbocycles. The first-order chi connectivity index (χ1) is 8.38. The molecule has 0 amide bonds. The van der Waals surface area contributed by atoms with Crippen LogP contribution in [0.3, 0.4) is 0 Å². The minimum absolute atomic E-state index is 0.151. The molecular weight excluding hydrogens is 292 g/mol. The third-order valence-corrected chi connectivity index (χ3v) is 4.86. The van der Waals surface area contributed by atoms with E-state index in [-0.39, 0.29) is 4.90 Å². The SMILES string of the molecule is CSCCCOc1ccc(S(=O)(=O)Cl)c(C)c1C. The van der Waals surface area contributed by atoms with Crippen molar-refractivity contribution in [3.05, 3.63) is 23.3 Å². The zero-order chi connectivity index (χ0) is 13.8. The highest BCUT2D eigenvalue weighted by Crippen LogP contribution is 2.29. The second-order valence-electron chi connectivity index (χ2n) is 3.94. The molecule has 0 aliphatic rings. The van der Waals surface area contributed by atoms with Gasteiger partial charge in [-0.2, -0.15) is 11.8 Å². The first kappa shape index (κ1) is 15.7. The van der Waals surface area contributed by atoms with Gasteiger partial charge >= 0.3 is 0 Å². The standard InChI is InChI=1S/C12H17ClO3S2/c1-9-10(2)12(18(13,14)15)6-5-11(9)16-7-4-8-17-3/h5-6H,4,7-8H2,1-3H3. The van der Waals surface area contributed by atoms with Crippen molar-refractivity contribution >= 4 is 31.5 Å². The Hall–Kier alpha value is -0.390. The van der Waals surface area contributed by atoms with Crippen LogP contribution in [0, 0.1) is 13.8 Å². The lowest BCUT2D eigenvalue weighted by Crippen LogP contribution is -2.03. The van der Waals surface area contributed by atoms with Gasteiger partial charge in [0.05, 0.1) is 11.5 Å². The molecule has 0 N–H and O–H groups in total. The van der Waals surface area contributed by atoms with Crippen LogP contribution in [0.15, 0.2) is 17.0 Å². The average Bonchev–Trinajstić information content (AvgIpc) is 2.28. The van der Waals surface area contributed by atoms with Crippen LogP contribution in [0.1, 0.15) is 17.5 Å². The van der Waals surface area contributed by atoms with Crippen LogP contribution in [0.5, 0.6) is 5.75 Å². The van der Waals surface area contributed by atoms with Crippen LogP contribution in [0.2, 0.25) is 0 Å². The maximum atomic E-state index is 11.3. The summed E-state index contributed by atoms with van der Waals surface area (Å²) in [6.45, 7) is 4.21. The Morgan fingerprint density at radius 3 is 2.50 bits per heavy atom. The van der Waals surface area contributed by atoms with Gasteiger partial charge in [0.15, 0.2) is 0 Å². The van der Waals surface area contributed by atoms with Crippen LogP contribution in [0.4, 0.5) is 0 Å². The van der Waals surface area contributed by atoms with Gasteiger partial charge < -0.3 is 4.74 Å². The molecule has 0 aromatic heterocycles. The molecule has 102 valence electrons. The molecule has 6 heteroatoms. The lowest BCUT2D eigenvalue weighted by molar-refractivity contribution is 0.316. The Morgan fingerprint density at radius 1 is 1.28 bits per heavy atom. The van der Waals surface area contributed by atoms with Gasteiger partial charge in [0.1, 0.15) is 5.75 Å². The minimum atomic E-state index is -3.69. The Morgan fingerprint density at radius 2 is 1.94 bits per heavy atom. The first-order valence-corrected chi connectivity index (χ1v) is 9.25. The summed E-state index contributed by atoms with van der Waals surface area (Å²) in [5, 5.41) is 0. The molecule has 1 rings (SSSR count). The smallest absolute Gasteiger partial charge is 0.261 e. The van der Waals surface area contributed by atoms with E-state index in [1.165, 1.54) is 6.07 Å². The molecule has 0 heterocycles. The summed E-state index contributed by atoms with van der Waals surface area (Å²) < 4.78 is 28.3. The fourth-order valence-electron chi connectivity index (χ4n) is 1.58. The molecular formula is C12H17ClO3S2. The minimum Gasteiger partial charge on any atom is -0.493 e. The van der Waals surface area contributed by atoms with Crippen molar-refractivity contribution < 1.29 is 13.2 Å². The molecule has 0 unspecified atom stereocenters. The van der Waals surface area contributed by atoms with Crippen molar-refractivity contribution in [1.29, 1.82) is 0 Å². The fourth-order valence-corrected chi connectivity index (χ4v) is 3.23. The Labute approximate surface area is 117 Å². The molecule has 0 atom stereocenters. The van der Waals surface area contributed by atoms with Gasteiger partial charge in [-0.25, -0.2) is 8.42 Å². The molecule has 0 radical (unpaired) electrons. The largest absolute Gasteiger partial charge is 0.493 e. The monoisotopic (exact) mass is 308 g/mol. The van der Waals surface area contributed by atoms with E-state index in [1.54, 1.807) is 24.8 Å². The lowest BCUT2D eigenvalue weighted by atomic mass is 10.1. The molecule has 0 bridgehead atoms. The first-order valence-electron chi connectivity index (χ1n) is 5.54. The fraction of sp³-hybridized carbons (Fsp3) is 0.500. The van der Waals surface area contributed by atoms with E-state index in [1.807, 2.05) is 6.92 Å². The van der Waals surface area contributed by atoms with Crippen molar-refractivity contribution in [2.75, 3.05) is 18.6 Å². The lowest BCUT2D eigenvalue weighted by Gasteiger charge is -2.12. The highest BCUT2D eigenvalue weighted by Gasteiger charge is 2.16. The predicted molar refractivity (Wildman–Crippen MR) is 77.4 cm³/mol. The van der Waals surface area contributed by atoms with Crippen molar-refractivity contribution in [1.82, 2.24) is 0 Å². The summed E-state index contributed by atoms with van der Waals surface area (Å²) in [6.07, 6.45) is 3.02. The van der Waals surface area contributed by atoms with Crippen molar-refractivity contribution in [2.45, 2.75) is 25.2 Å². The Kier molecular flexibility index (Phi) is 5.82. The van der Waals surface area contributed by atoms with Gasteiger partial charge in [-0.05, 0) is 55.5 Å². The van der Waals surface area contributed by atoms with Crippen molar-refractivity contribution in [2.24, 2.45) is 0 Å². The predicted octanol–water partition coefficient (Wildman–Crippen LogP) is 3.36. The Bertz CT molecular complexity index is 512. The number of halogens is 1. The van der Waals surface area contributed by atoms with E-state index in [4.69, 9.17) is 15.4 Å². The van der Waals surface area contributed by atoms with Gasteiger partial charge in [-0.3, -0.25) is 0 Å². The van der Waals surface area contributed by atoms with E-state index in [0.29, 0.717) is 12.2 Å². The summed E-state index contributed by atoms with van der Waals surface area (Å²) in [6, 6.07) is 3.16. The van der Waals surface area contributed by atoms with Gasteiger partial charge in [0, 0.05) is 10.7 Å². The van der Waals surface area contributed by atoms with Crippen LogP contribution in [-0.4, -0.2) is 27.0 Å². The number of thioether (sulfide) groups is 1. The summed E-state index contributed by atoms with van der Waals surface area (Å²) in [5.74, 6) is 1.77. The number of ether oxygens (including phenoxy) is 1. The topological polar surface area (TPSA) is 43.4 Å². The molecule has 0 saturated carbocycles. The maximum absolute atomic E-state index is 11.3. The van der Waals surface area contributed by atoms with E-state index in [0.717, 1.165) is 23.5 Å². The van der Waals surface area contributed by atoms with E-state index < -0.39 is 9.05 Å². The van der Waals surface area contributed by atoms with Gasteiger partial charge in [0.2, 0.25) is 0 Å².